The normalized spacial score (nSPS) is 11.1. The molecule has 0 amide bonds. The van der Waals surface area contributed by atoms with Gasteiger partial charge in [0, 0.05) is 18.2 Å². The third-order valence-electron chi connectivity index (χ3n) is 3.77. The Labute approximate surface area is 141 Å². The molecule has 0 bridgehead atoms. The minimum absolute atomic E-state index is 0.0378. The van der Waals surface area contributed by atoms with Gasteiger partial charge in [-0.25, -0.2) is 0 Å². The van der Waals surface area contributed by atoms with Gasteiger partial charge in [0.25, 0.3) is 0 Å². The summed E-state index contributed by atoms with van der Waals surface area (Å²) in [6.07, 6.45) is 0.961. The Morgan fingerprint density at radius 1 is 1.04 bits per heavy atom. The van der Waals surface area contributed by atoms with Gasteiger partial charge in [0.1, 0.15) is 17.1 Å². The lowest BCUT2D eigenvalue weighted by Gasteiger charge is -2.11. The van der Waals surface area contributed by atoms with Crippen molar-refractivity contribution in [3.63, 3.8) is 0 Å². The Kier molecular flexibility index (Phi) is 4.96. The number of nitrogens with zero attached hydrogens (tertiary/aromatic N) is 1. The second-order valence-corrected chi connectivity index (χ2v) is 6.00. The number of ether oxygens (including phenoxy) is 1. The number of fused-ring (bicyclic) bond motifs is 1. The van der Waals surface area contributed by atoms with Crippen LogP contribution in [0.15, 0.2) is 63.8 Å². The molecule has 0 unspecified atom stereocenters. The van der Waals surface area contributed by atoms with Crippen LogP contribution >= 0.6 is 0 Å². The molecule has 3 aromatic rings. The van der Waals surface area contributed by atoms with Gasteiger partial charge in [-0.2, -0.15) is 0 Å². The molecule has 124 valence electrons. The molecule has 0 saturated heterocycles. The molecule has 0 aliphatic rings. The van der Waals surface area contributed by atoms with Gasteiger partial charge in [-0.1, -0.05) is 24.3 Å². The van der Waals surface area contributed by atoms with Crippen LogP contribution in [0.1, 0.15) is 6.42 Å². The van der Waals surface area contributed by atoms with Crippen LogP contribution in [0.5, 0.6) is 5.75 Å². The van der Waals surface area contributed by atoms with E-state index in [0.717, 1.165) is 24.3 Å². The van der Waals surface area contributed by atoms with Gasteiger partial charge in [-0.15, -0.1) is 0 Å². The Hall–Kier alpha value is -2.59. The van der Waals surface area contributed by atoms with E-state index in [4.69, 9.17) is 9.15 Å². The highest BCUT2D eigenvalue weighted by Gasteiger charge is 2.07. The summed E-state index contributed by atoms with van der Waals surface area (Å²) in [5.74, 6) is 1.33. The van der Waals surface area contributed by atoms with Crippen LogP contribution in [-0.4, -0.2) is 32.1 Å². The Morgan fingerprint density at radius 3 is 2.71 bits per heavy atom. The van der Waals surface area contributed by atoms with E-state index in [1.807, 2.05) is 56.6 Å². The summed E-state index contributed by atoms with van der Waals surface area (Å²) in [5.41, 5.74) is 1.39. The highest BCUT2D eigenvalue weighted by molar-refractivity contribution is 5.78. The van der Waals surface area contributed by atoms with Crippen LogP contribution in [0.4, 0.5) is 0 Å². The summed E-state index contributed by atoms with van der Waals surface area (Å²) in [5, 5.41) is 0.595. The average molecular weight is 323 g/mol. The topological polar surface area (TPSA) is 42.7 Å². The minimum Gasteiger partial charge on any atom is -0.494 e. The summed E-state index contributed by atoms with van der Waals surface area (Å²) in [7, 11) is 4.09. The highest BCUT2D eigenvalue weighted by Crippen LogP contribution is 2.25. The molecule has 0 spiro atoms. The van der Waals surface area contributed by atoms with E-state index < -0.39 is 0 Å². The standard InChI is InChI=1S/C20H21NO3/c1-21(2)11-6-12-23-16-8-5-7-15(13-16)20-14-18(22)17-9-3-4-10-19(17)24-20/h3-5,7-10,13-14H,6,11-12H2,1-2H3. The minimum atomic E-state index is -0.0378. The molecule has 0 fully saturated rings. The first-order valence-electron chi connectivity index (χ1n) is 8.04. The lowest BCUT2D eigenvalue weighted by molar-refractivity contribution is 0.281. The SMILES string of the molecule is CN(C)CCCOc1cccc(-c2cc(=O)c3ccccc3o2)c1. The quantitative estimate of drug-likeness (QED) is 0.647. The Balaban J connectivity index is 1.82. The van der Waals surface area contributed by atoms with Crippen molar-refractivity contribution in [3.8, 4) is 17.1 Å². The molecule has 0 aliphatic heterocycles. The van der Waals surface area contributed by atoms with Crippen molar-refractivity contribution < 1.29 is 9.15 Å². The Bertz CT molecular complexity index is 883. The van der Waals surface area contributed by atoms with Crippen molar-refractivity contribution in [2.24, 2.45) is 0 Å². The monoisotopic (exact) mass is 323 g/mol. The van der Waals surface area contributed by atoms with Crippen LogP contribution in [-0.2, 0) is 0 Å². The van der Waals surface area contributed by atoms with E-state index in [0.29, 0.717) is 23.3 Å². The van der Waals surface area contributed by atoms with Crippen LogP contribution < -0.4 is 10.2 Å². The number of hydrogen-bond donors (Lipinski definition) is 0. The van der Waals surface area contributed by atoms with E-state index in [1.54, 1.807) is 6.07 Å². The molecule has 4 nitrogen and oxygen atoms in total. The fraction of sp³-hybridized carbons (Fsp3) is 0.250. The molecular weight excluding hydrogens is 302 g/mol. The lowest BCUT2D eigenvalue weighted by atomic mass is 10.1. The molecular formula is C20H21NO3. The largest absolute Gasteiger partial charge is 0.494 e. The third kappa shape index (κ3) is 3.84. The van der Waals surface area contributed by atoms with Crippen LogP contribution in [0.2, 0.25) is 0 Å². The van der Waals surface area contributed by atoms with Gasteiger partial charge in [-0.3, -0.25) is 4.79 Å². The second-order valence-electron chi connectivity index (χ2n) is 6.00. The maximum atomic E-state index is 12.2. The van der Waals surface area contributed by atoms with E-state index >= 15 is 0 Å². The summed E-state index contributed by atoms with van der Waals surface area (Å²) < 4.78 is 11.7. The fourth-order valence-electron chi connectivity index (χ4n) is 2.56. The molecule has 0 atom stereocenters. The second kappa shape index (κ2) is 7.32. The van der Waals surface area contributed by atoms with Gasteiger partial charge < -0.3 is 14.1 Å². The number of hydrogen-bond acceptors (Lipinski definition) is 4. The first kappa shape index (κ1) is 16.3. The van der Waals surface area contributed by atoms with Gasteiger partial charge in [0.15, 0.2) is 5.43 Å². The summed E-state index contributed by atoms with van der Waals surface area (Å²) >= 11 is 0. The predicted molar refractivity (Wildman–Crippen MR) is 96.6 cm³/mol. The van der Waals surface area contributed by atoms with Crippen molar-refractivity contribution in [2.45, 2.75) is 6.42 Å². The molecule has 0 N–H and O–H groups in total. The highest BCUT2D eigenvalue weighted by atomic mass is 16.5. The molecule has 4 heteroatoms. The van der Waals surface area contributed by atoms with E-state index in [9.17, 15) is 4.79 Å². The molecule has 2 aromatic carbocycles. The lowest BCUT2D eigenvalue weighted by Crippen LogP contribution is -2.15. The van der Waals surface area contributed by atoms with Crippen molar-refractivity contribution >= 4 is 11.0 Å². The molecule has 3 rings (SSSR count). The van der Waals surface area contributed by atoms with E-state index in [2.05, 4.69) is 4.90 Å². The summed E-state index contributed by atoms with van der Waals surface area (Å²) in [4.78, 5) is 14.4. The molecule has 1 aromatic heterocycles. The van der Waals surface area contributed by atoms with Gasteiger partial charge >= 0.3 is 0 Å². The van der Waals surface area contributed by atoms with Gasteiger partial charge in [0.05, 0.1) is 12.0 Å². The van der Waals surface area contributed by atoms with E-state index in [-0.39, 0.29) is 5.43 Å². The maximum Gasteiger partial charge on any atom is 0.193 e. The van der Waals surface area contributed by atoms with Crippen molar-refractivity contribution in [1.29, 1.82) is 0 Å². The zero-order chi connectivity index (χ0) is 16.9. The first-order valence-corrected chi connectivity index (χ1v) is 8.04. The smallest absolute Gasteiger partial charge is 0.193 e. The fourth-order valence-corrected chi connectivity index (χ4v) is 2.56. The zero-order valence-electron chi connectivity index (χ0n) is 14.0. The van der Waals surface area contributed by atoms with Crippen LogP contribution in [0.3, 0.4) is 0 Å². The average Bonchev–Trinajstić information content (AvgIpc) is 2.59. The van der Waals surface area contributed by atoms with Crippen LogP contribution in [0, 0.1) is 0 Å². The third-order valence-corrected chi connectivity index (χ3v) is 3.77. The molecule has 0 radical (unpaired) electrons. The molecule has 0 saturated carbocycles. The van der Waals surface area contributed by atoms with Gasteiger partial charge in [-0.05, 0) is 44.8 Å². The van der Waals surface area contributed by atoms with Gasteiger partial charge in [0.2, 0.25) is 0 Å². The van der Waals surface area contributed by atoms with Crippen LogP contribution in [0.25, 0.3) is 22.3 Å². The predicted octanol–water partition coefficient (Wildman–Crippen LogP) is 3.79. The van der Waals surface area contributed by atoms with Crippen molar-refractivity contribution in [3.05, 3.63) is 64.8 Å². The Morgan fingerprint density at radius 2 is 1.88 bits per heavy atom. The van der Waals surface area contributed by atoms with E-state index in [1.165, 1.54) is 6.07 Å². The molecule has 1 heterocycles. The summed E-state index contributed by atoms with van der Waals surface area (Å²) in [6, 6.07) is 16.5. The maximum absolute atomic E-state index is 12.2. The number of benzene rings is 2. The number of para-hydroxylation sites is 1. The summed E-state index contributed by atoms with van der Waals surface area (Å²) in [6.45, 7) is 1.64. The molecule has 24 heavy (non-hydrogen) atoms. The molecule has 0 aliphatic carbocycles. The first-order chi connectivity index (χ1) is 11.6. The van der Waals surface area contributed by atoms with Crippen molar-refractivity contribution in [2.75, 3.05) is 27.2 Å². The number of rotatable bonds is 6. The zero-order valence-corrected chi connectivity index (χ0v) is 14.0. The van der Waals surface area contributed by atoms with Crippen molar-refractivity contribution in [1.82, 2.24) is 4.90 Å².